The Hall–Kier alpha value is -3.06. The Balaban J connectivity index is 1.41. The molecule has 1 aliphatic heterocycles. The predicted octanol–water partition coefficient (Wildman–Crippen LogP) is 3.76. The third-order valence-corrected chi connectivity index (χ3v) is 5.76. The number of carbonyl (C=O) groups is 1. The normalized spacial score (nSPS) is 15.2. The molecule has 0 saturated carbocycles. The summed E-state index contributed by atoms with van der Waals surface area (Å²) >= 11 is 0. The van der Waals surface area contributed by atoms with E-state index in [0.717, 1.165) is 47.1 Å². The van der Waals surface area contributed by atoms with Gasteiger partial charge in [-0.25, -0.2) is 9.97 Å². The summed E-state index contributed by atoms with van der Waals surface area (Å²) in [5.74, 6) is 2.19. The standard InChI is InChI=1S/C24H29N5O2/c1-16-8-10-29(11-9-16)15-23(30)26-13-19-4-6-20(7-5-19)24-21(14-25-18(3)27-24)22-12-17(2)28-31-22/h4-7,12,14,16H,8-11,13,15H2,1-3H3,(H,26,30). The lowest BCUT2D eigenvalue weighted by Gasteiger charge is -2.29. The van der Waals surface area contributed by atoms with Crippen LogP contribution >= 0.6 is 0 Å². The van der Waals surface area contributed by atoms with Gasteiger partial charge in [0.05, 0.1) is 23.5 Å². The first kappa shape index (κ1) is 21.2. The van der Waals surface area contributed by atoms with Crippen LogP contribution in [0.5, 0.6) is 0 Å². The molecule has 1 fully saturated rings. The molecule has 2 aromatic heterocycles. The predicted molar refractivity (Wildman–Crippen MR) is 119 cm³/mol. The highest BCUT2D eigenvalue weighted by molar-refractivity contribution is 5.79. The van der Waals surface area contributed by atoms with Gasteiger partial charge in [-0.05, 0) is 51.3 Å². The molecule has 0 spiro atoms. The zero-order valence-corrected chi connectivity index (χ0v) is 18.4. The number of nitrogens with zero attached hydrogens (tertiary/aromatic N) is 4. The maximum Gasteiger partial charge on any atom is 0.234 e. The van der Waals surface area contributed by atoms with E-state index in [2.05, 4.69) is 32.3 Å². The summed E-state index contributed by atoms with van der Waals surface area (Å²) in [6.07, 6.45) is 4.12. The summed E-state index contributed by atoms with van der Waals surface area (Å²) in [4.78, 5) is 23.5. The summed E-state index contributed by atoms with van der Waals surface area (Å²) in [5.41, 5.74) is 4.44. The van der Waals surface area contributed by atoms with Gasteiger partial charge in [-0.2, -0.15) is 0 Å². The minimum absolute atomic E-state index is 0.0769. The number of rotatable bonds is 6. The molecule has 0 radical (unpaired) electrons. The highest BCUT2D eigenvalue weighted by Gasteiger charge is 2.18. The van der Waals surface area contributed by atoms with Gasteiger partial charge in [-0.1, -0.05) is 36.3 Å². The summed E-state index contributed by atoms with van der Waals surface area (Å²) in [6, 6.07) is 9.95. The van der Waals surface area contributed by atoms with Crippen LogP contribution in [0.25, 0.3) is 22.6 Å². The van der Waals surface area contributed by atoms with Crippen molar-refractivity contribution >= 4 is 5.91 Å². The Kier molecular flexibility index (Phi) is 6.42. The van der Waals surface area contributed by atoms with Crippen molar-refractivity contribution in [3.63, 3.8) is 0 Å². The Morgan fingerprint density at radius 2 is 1.94 bits per heavy atom. The SMILES string of the molecule is Cc1cc(-c2cnc(C)nc2-c2ccc(CNC(=O)CN3CCC(C)CC3)cc2)on1. The molecule has 0 unspecified atom stereocenters. The van der Waals surface area contributed by atoms with Crippen LogP contribution in [0.2, 0.25) is 0 Å². The van der Waals surface area contributed by atoms with Crippen molar-refractivity contribution in [2.24, 2.45) is 5.92 Å². The molecule has 162 valence electrons. The number of benzene rings is 1. The first-order chi connectivity index (χ1) is 15.0. The van der Waals surface area contributed by atoms with Crippen molar-refractivity contribution in [2.45, 2.75) is 40.2 Å². The van der Waals surface area contributed by atoms with E-state index < -0.39 is 0 Å². The molecule has 7 heteroatoms. The molecule has 1 amide bonds. The zero-order valence-electron chi connectivity index (χ0n) is 18.4. The maximum absolute atomic E-state index is 12.3. The van der Waals surface area contributed by atoms with E-state index in [1.54, 1.807) is 6.20 Å². The lowest BCUT2D eigenvalue weighted by atomic mass is 9.99. The molecule has 4 rings (SSSR count). The van der Waals surface area contributed by atoms with Crippen LogP contribution in [0.15, 0.2) is 41.1 Å². The third kappa shape index (κ3) is 5.35. The van der Waals surface area contributed by atoms with Crippen LogP contribution in [-0.4, -0.2) is 45.6 Å². The van der Waals surface area contributed by atoms with Crippen LogP contribution in [0.1, 0.15) is 36.8 Å². The Labute approximate surface area is 182 Å². The largest absolute Gasteiger partial charge is 0.356 e. The van der Waals surface area contributed by atoms with Crippen molar-refractivity contribution < 1.29 is 9.32 Å². The summed E-state index contributed by atoms with van der Waals surface area (Å²) in [7, 11) is 0. The third-order valence-electron chi connectivity index (χ3n) is 5.76. The highest BCUT2D eigenvalue weighted by Crippen LogP contribution is 2.30. The van der Waals surface area contributed by atoms with Crippen LogP contribution < -0.4 is 5.32 Å². The van der Waals surface area contributed by atoms with E-state index in [-0.39, 0.29) is 5.91 Å². The number of piperidine rings is 1. The monoisotopic (exact) mass is 419 g/mol. The number of hydrogen-bond donors (Lipinski definition) is 1. The van der Waals surface area contributed by atoms with Crippen LogP contribution in [0, 0.1) is 19.8 Å². The molecule has 1 N–H and O–H groups in total. The molecule has 3 aromatic rings. The lowest BCUT2D eigenvalue weighted by Crippen LogP contribution is -2.41. The summed E-state index contributed by atoms with van der Waals surface area (Å²) in [5, 5.41) is 7.01. The van der Waals surface area contributed by atoms with Crippen molar-refractivity contribution in [1.29, 1.82) is 0 Å². The second kappa shape index (κ2) is 9.39. The number of amides is 1. The van der Waals surface area contributed by atoms with E-state index >= 15 is 0 Å². The number of likely N-dealkylation sites (tertiary alicyclic amines) is 1. The van der Waals surface area contributed by atoms with Crippen molar-refractivity contribution in [3.8, 4) is 22.6 Å². The van der Waals surface area contributed by atoms with Gasteiger partial charge in [0.15, 0.2) is 5.76 Å². The number of carbonyl (C=O) groups excluding carboxylic acids is 1. The quantitative estimate of drug-likeness (QED) is 0.655. The smallest absolute Gasteiger partial charge is 0.234 e. The number of hydrogen-bond acceptors (Lipinski definition) is 6. The maximum atomic E-state index is 12.3. The molecule has 1 aliphatic rings. The Bertz CT molecular complexity index is 1040. The zero-order chi connectivity index (χ0) is 21.8. The van der Waals surface area contributed by atoms with Crippen LogP contribution in [0.4, 0.5) is 0 Å². The molecule has 0 atom stereocenters. The summed E-state index contributed by atoms with van der Waals surface area (Å²) in [6.45, 7) is 9.04. The van der Waals surface area contributed by atoms with Gasteiger partial charge >= 0.3 is 0 Å². The Morgan fingerprint density at radius 3 is 2.61 bits per heavy atom. The fourth-order valence-corrected chi connectivity index (χ4v) is 3.82. The van der Waals surface area contributed by atoms with E-state index in [0.29, 0.717) is 24.7 Å². The average Bonchev–Trinajstić information content (AvgIpc) is 3.20. The van der Waals surface area contributed by atoms with Crippen molar-refractivity contribution in [2.75, 3.05) is 19.6 Å². The fraction of sp³-hybridized carbons (Fsp3) is 0.417. The molecular formula is C24H29N5O2. The van der Waals surface area contributed by atoms with Gasteiger partial charge in [-0.15, -0.1) is 0 Å². The summed E-state index contributed by atoms with van der Waals surface area (Å²) < 4.78 is 5.43. The second-order valence-electron chi connectivity index (χ2n) is 8.44. The number of nitrogens with one attached hydrogen (secondary N) is 1. The fourth-order valence-electron chi connectivity index (χ4n) is 3.82. The molecule has 0 aliphatic carbocycles. The van der Waals surface area contributed by atoms with E-state index in [9.17, 15) is 4.79 Å². The first-order valence-corrected chi connectivity index (χ1v) is 10.8. The number of aryl methyl sites for hydroxylation is 2. The minimum atomic E-state index is 0.0769. The van der Waals surface area contributed by atoms with E-state index in [4.69, 9.17) is 4.52 Å². The molecule has 31 heavy (non-hydrogen) atoms. The molecule has 7 nitrogen and oxygen atoms in total. The van der Waals surface area contributed by atoms with Gasteiger partial charge in [-0.3, -0.25) is 9.69 Å². The van der Waals surface area contributed by atoms with Gasteiger partial charge in [0.2, 0.25) is 5.91 Å². The molecule has 1 aromatic carbocycles. The van der Waals surface area contributed by atoms with Crippen LogP contribution in [-0.2, 0) is 11.3 Å². The Morgan fingerprint density at radius 1 is 1.19 bits per heavy atom. The lowest BCUT2D eigenvalue weighted by molar-refractivity contribution is -0.122. The second-order valence-corrected chi connectivity index (χ2v) is 8.44. The molecule has 0 bridgehead atoms. The van der Waals surface area contributed by atoms with E-state index in [1.807, 2.05) is 44.2 Å². The van der Waals surface area contributed by atoms with Gasteiger partial charge in [0.1, 0.15) is 5.82 Å². The first-order valence-electron chi connectivity index (χ1n) is 10.8. The minimum Gasteiger partial charge on any atom is -0.356 e. The topological polar surface area (TPSA) is 84.2 Å². The van der Waals surface area contributed by atoms with Crippen LogP contribution in [0.3, 0.4) is 0 Å². The van der Waals surface area contributed by atoms with Gasteiger partial charge in [0, 0.05) is 24.4 Å². The molecule has 1 saturated heterocycles. The van der Waals surface area contributed by atoms with Crippen molar-refractivity contribution in [1.82, 2.24) is 25.3 Å². The average molecular weight is 420 g/mol. The molecule has 3 heterocycles. The number of aromatic nitrogens is 3. The van der Waals surface area contributed by atoms with E-state index in [1.165, 1.54) is 12.8 Å². The van der Waals surface area contributed by atoms with Gasteiger partial charge < -0.3 is 9.84 Å². The van der Waals surface area contributed by atoms with Crippen molar-refractivity contribution in [3.05, 3.63) is 53.6 Å². The highest BCUT2D eigenvalue weighted by atomic mass is 16.5. The molecular weight excluding hydrogens is 390 g/mol. The van der Waals surface area contributed by atoms with Gasteiger partial charge in [0.25, 0.3) is 0 Å².